The molecule has 0 amide bonds. The fraction of sp³-hybridized carbons (Fsp3) is 0.375. The number of aryl methyl sites for hydroxylation is 1. The molecule has 0 bridgehead atoms. The van der Waals surface area contributed by atoms with E-state index >= 15 is 0 Å². The minimum atomic E-state index is -1.23. The number of carbonyl (C=O) groups is 1. The van der Waals surface area contributed by atoms with Gasteiger partial charge in [0.15, 0.2) is 0 Å². The van der Waals surface area contributed by atoms with E-state index in [1.54, 1.807) is 10.6 Å². The quantitative estimate of drug-likeness (QED) is 0.930. The Balaban J connectivity index is 2.24. The van der Waals surface area contributed by atoms with Gasteiger partial charge in [-0.15, -0.1) is 0 Å². The van der Waals surface area contributed by atoms with E-state index in [2.05, 4.69) is 4.90 Å². The second kappa shape index (κ2) is 6.22. The molecule has 6 nitrogen and oxygen atoms in total. The number of carboxylic acids is 1. The van der Waals surface area contributed by atoms with E-state index in [1.165, 1.54) is 6.20 Å². The number of fused-ring (bicyclic) bond motifs is 1. The average molecular weight is 337 g/mol. The largest absolute Gasteiger partial charge is 0.477 e. The second-order valence-corrected chi connectivity index (χ2v) is 5.79. The molecule has 1 aromatic heterocycles. The lowest BCUT2D eigenvalue weighted by Crippen LogP contribution is -2.36. The SMILES string of the molecule is CCn1cc(C(=O)O)c(=O)c2cc(Cl)c(N3CCOCC3)cc21. The van der Waals surface area contributed by atoms with Crippen LogP contribution in [0.2, 0.25) is 5.02 Å². The van der Waals surface area contributed by atoms with Crippen molar-refractivity contribution >= 4 is 34.2 Å². The van der Waals surface area contributed by atoms with Crippen molar-refractivity contribution in [1.82, 2.24) is 4.57 Å². The van der Waals surface area contributed by atoms with Crippen LogP contribution in [0.15, 0.2) is 23.1 Å². The number of hydrogen-bond acceptors (Lipinski definition) is 4. The van der Waals surface area contributed by atoms with Gasteiger partial charge in [-0.05, 0) is 19.1 Å². The monoisotopic (exact) mass is 336 g/mol. The van der Waals surface area contributed by atoms with E-state index in [4.69, 9.17) is 16.3 Å². The molecule has 3 rings (SSSR count). The van der Waals surface area contributed by atoms with Crippen LogP contribution in [0.5, 0.6) is 0 Å². The smallest absolute Gasteiger partial charge is 0.341 e. The Morgan fingerprint density at radius 1 is 1.35 bits per heavy atom. The first-order valence-corrected chi connectivity index (χ1v) is 7.83. The van der Waals surface area contributed by atoms with Crippen molar-refractivity contribution in [1.29, 1.82) is 0 Å². The Bertz CT molecular complexity index is 825. The lowest BCUT2D eigenvalue weighted by Gasteiger charge is -2.30. The maximum Gasteiger partial charge on any atom is 0.341 e. The highest BCUT2D eigenvalue weighted by Gasteiger charge is 2.19. The Kier molecular flexibility index (Phi) is 4.28. The van der Waals surface area contributed by atoms with Crippen LogP contribution in [0.3, 0.4) is 0 Å². The van der Waals surface area contributed by atoms with Crippen molar-refractivity contribution in [3.05, 3.63) is 39.1 Å². The van der Waals surface area contributed by atoms with Gasteiger partial charge in [-0.2, -0.15) is 0 Å². The molecule has 1 aromatic carbocycles. The molecule has 0 spiro atoms. The molecule has 0 radical (unpaired) electrons. The van der Waals surface area contributed by atoms with Crippen molar-refractivity contribution in [2.45, 2.75) is 13.5 Å². The summed E-state index contributed by atoms with van der Waals surface area (Å²) >= 11 is 6.36. The van der Waals surface area contributed by atoms with Crippen molar-refractivity contribution in [2.24, 2.45) is 0 Å². The molecule has 23 heavy (non-hydrogen) atoms. The third-order valence-corrected chi connectivity index (χ3v) is 4.37. The third-order valence-electron chi connectivity index (χ3n) is 4.07. The number of nitrogens with zero attached hydrogens (tertiary/aromatic N) is 2. The number of aromatic carboxylic acids is 1. The zero-order valence-corrected chi connectivity index (χ0v) is 13.5. The number of morpholine rings is 1. The molecule has 1 aliphatic heterocycles. The Hall–Kier alpha value is -2.05. The summed E-state index contributed by atoms with van der Waals surface area (Å²) in [6, 6.07) is 3.43. The molecule has 2 heterocycles. The maximum absolute atomic E-state index is 12.4. The van der Waals surface area contributed by atoms with Gasteiger partial charge in [-0.3, -0.25) is 4.79 Å². The van der Waals surface area contributed by atoms with E-state index in [-0.39, 0.29) is 5.56 Å². The standard InChI is InChI=1S/C16H17ClN2O4/c1-2-18-9-11(16(21)22)15(20)10-7-12(17)14(8-13(10)18)19-3-5-23-6-4-19/h7-9H,2-6H2,1H3,(H,21,22). The Labute approximate surface area is 137 Å². The number of aromatic nitrogens is 1. The van der Waals surface area contributed by atoms with Gasteiger partial charge in [0.1, 0.15) is 5.56 Å². The lowest BCUT2D eigenvalue weighted by atomic mass is 10.1. The first-order valence-electron chi connectivity index (χ1n) is 7.45. The van der Waals surface area contributed by atoms with E-state index < -0.39 is 11.4 Å². The molecule has 2 aromatic rings. The molecule has 0 atom stereocenters. The van der Waals surface area contributed by atoms with E-state index in [0.717, 1.165) is 18.8 Å². The molecule has 0 aliphatic carbocycles. The average Bonchev–Trinajstić information content (AvgIpc) is 2.55. The van der Waals surface area contributed by atoms with Crippen LogP contribution >= 0.6 is 11.6 Å². The van der Waals surface area contributed by atoms with Gasteiger partial charge in [0.05, 0.1) is 29.4 Å². The van der Waals surface area contributed by atoms with Gasteiger partial charge < -0.3 is 19.3 Å². The van der Waals surface area contributed by atoms with Crippen molar-refractivity contribution in [3.63, 3.8) is 0 Å². The van der Waals surface area contributed by atoms with Crippen molar-refractivity contribution in [2.75, 3.05) is 31.2 Å². The molecular formula is C16H17ClN2O4. The molecule has 0 unspecified atom stereocenters. The molecule has 0 saturated carbocycles. The van der Waals surface area contributed by atoms with Crippen LogP contribution in [0.25, 0.3) is 10.9 Å². The van der Waals surface area contributed by atoms with Crippen LogP contribution in [-0.2, 0) is 11.3 Å². The first-order chi connectivity index (χ1) is 11.0. The molecule has 7 heteroatoms. The van der Waals surface area contributed by atoms with E-state index in [9.17, 15) is 14.7 Å². The normalized spacial score (nSPS) is 15.1. The second-order valence-electron chi connectivity index (χ2n) is 5.38. The molecular weight excluding hydrogens is 320 g/mol. The summed E-state index contributed by atoms with van der Waals surface area (Å²) in [4.78, 5) is 25.8. The summed E-state index contributed by atoms with van der Waals surface area (Å²) < 4.78 is 7.11. The van der Waals surface area contributed by atoms with Crippen LogP contribution in [0.4, 0.5) is 5.69 Å². The summed E-state index contributed by atoms with van der Waals surface area (Å²) in [5.74, 6) is -1.23. The van der Waals surface area contributed by atoms with Gasteiger partial charge in [0.25, 0.3) is 0 Å². The van der Waals surface area contributed by atoms with Crippen LogP contribution in [0, 0.1) is 0 Å². The highest BCUT2D eigenvalue weighted by molar-refractivity contribution is 6.34. The number of anilines is 1. The number of pyridine rings is 1. The Morgan fingerprint density at radius 2 is 2.04 bits per heavy atom. The predicted octanol–water partition coefficient (Wildman–Crippen LogP) is 2.21. The van der Waals surface area contributed by atoms with Crippen molar-refractivity contribution < 1.29 is 14.6 Å². The van der Waals surface area contributed by atoms with Crippen molar-refractivity contribution in [3.8, 4) is 0 Å². The van der Waals surface area contributed by atoms with E-state index in [0.29, 0.717) is 35.7 Å². The van der Waals surface area contributed by atoms with Crippen LogP contribution < -0.4 is 10.3 Å². The molecule has 1 aliphatic rings. The van der Waals surface area contributed by atoms with Gasteiger partial charge in [0, 0.05) is 31.2 Å². The highest BCUT2D eigenvalue weighted by Crippen LogP contribution is 2.30. The number of hydrogen-bond donors (Lipinski definition) is 1. The van der Waals surface area contributed by atoms with Gasteiger partial charge in [-0.1, -0.05) is 11.6 Å². The van der Waals surface area contributed by atoms with E-state index in [1.807, 2.05) is 13.0 Å². The Morgan fingerprint density at radius 3 is 2.65 bits per heavy atom. The van der Waals surface area contributed by atoms with Gasteiger partial charge >= 0.3 is 5.97 Å². The summed E-state index contributed by atoms with van der Waals surface area (Å²) in [7, 11) is 0. The minimum absolute atomic E-state index is 0.241. The lowest BCUT2D eigenvalue weighted by molar-refractivity contribution is 0.0695. The third kappa shape index (κ3) is 2.80. The predicted molar refractivity (Wildman–Crippen MR) is 88.9 cm³/mol. The summed E-state index contributed by atoms with van der Waals surface area (Å²) in [6.45, 7) is 5.18. The van der Waals surface area contributed by atoms with Crippen LogP contribution in [-0.4, -0.2) is 41.9 Å². The highest BCUT2D eigenvalue weighted by atomic mass is 35.5. The minimum Gasteiger partial charge on any atom is -0.477 e. The van der Waals surface area contributed by atoms with Gasteiger partial charge in [-0.25, -0.2) is 4.79 Å². The number of rotatable bonds is 3. The fourth-order valence-electron chi connectivity index (χ4n) is 2.86. The zero-order valence-electron chi connectivity index (χ0n) is 12.7. The number of benzene rings is 1. The molecule has 1 saturated heterocycles. The summed E-state index contributed by atoms with van der Waals surface area (Å²) in [6.07, 6.45) is 1.39. The summed E-state index contributed by atoms with van der Waals surface area (Å²) in [5.41, 5.74) is 0.780. The number of ether oxygens (including phenoxy) is 1. The number of halogens is 1. The molecule has 1 fully saturated rings. The fourth-order valence-corrected chi connectivity index (χ4v) is 3.14. The topological polar surface area (TPSA) is 71.8 Å². The number of carboxylic acid groups (broad SMARTS) is 1. The van der Waals surface area contributed by atoms with Gasteiger partial charge in [0.2, 0.25) is 5.43 Å². The zero-order chi connectivity index (χ0) is 16.6. The molecule has 122 valence electrons. The first kappa shape index (κ1) is 15.8. The maximum atomic E-state index is 12.4. The summed E-state index contributed by atoms with van der Waals surface area (Å²) in [5, 5.41) is 9.98. The van der Waals surface area contributed by atoms with Crippen LogP contribution in [0.1, 0.15) is 17.3 Å². The molecule has 1 N–H and O–H groups in total.